The van der Waals surface area contributed by atoms with Crippen molar-refractivity contribution in [1.82, 2.24) is 5.43 Å². The maximum absolute atomic E-state index is 12.4. The number of rotatable bonds is 6. The number of phenolic OH excluding ortho intramolecular Hbond substituents is 1. The summed E-state index contributed by atoms with van der Waals surface area (Å²) in [6, 6.07) is 13.9. The van der Waals surface area contributed by atoms with Crippen molar-refractivity contribution in [3.8, 4) is 11.5 Å². The van der Waals surface area contributed by atoms with E-state index < -0.39 is 18.5 Å². The van der Waals surface area contributed by atoms with E-state index in [4.69, 9.17) is 9.84 Å². The van der Waals surface area contributed by atoms with Gasteiger partial charge in [0, 0.05) is 9.13 Å². The molecule has 148 valence electrons. The highest BCUT2D eigenvalue weighted by molar-refractivity contribution is 14.1. The Hall–Kier alpha value is -2.66. The number of nitrogens with one attached hydrogen (secondary N) is 1. The van der Waals surface area contributed by atoms with Crippen LogP contribution in [-0.4, -0.2) is 34.9 Å². The van der Waals surface area contributed by atoms with Gasteiger partial charge in [-0.15, -0.1) is 0 Å². The zero-order valence-electron chi connectivity index (χ0n) is 14.7. The van der Waals surface area contributed by atoms with E-state index in [9.17, 15) is 14.7 Å². The van der Waals surface area contributed by atoms with Gasteiger partial charge in [0.1, 0.15) is 11.5 Å². The Bertz CT molecular complexity index is 1130. The van der Waals surface area contributed by atoms with Gasteiger partial charge in [-0.05, 0) is 73.6 Å². The van der Waals surface area contributed by atoms with Crippen molar-refractivity contribution >= 4 is 67.4 Å². The Labute approximate surface area is 187 Å². The Morgan fingerprint density at radius 2 is 1.86 bits per heavy atom. The lowest BCUT2D eigenvalue weighted by molar-refractivity contribution is -0.139. The molecular formula is C20H14BrIN2O5. The lowest BCUT2D eigenvalue weighted by atomic mass is 10.1. The van der Waals surface area contributed by atoms with Gasteiger partial charge in [-0.25, -0.2) is 10.2 Å². The molecule has 0 bridgehead atoms. The SMILES string of the molecule is O=C(O)COc1c(Br)cc(I)cc1C=NNC(=O)c1cc2ccccc2cc1O. The summed E-state index contributed by atoms with van der Waals surface area (Å²) in [6.45, 7) is -0.517. The van der Waals surface area contributed by atoms with E-state index in [0.29, 0.717) is 15.8 Å². The number of carbonyl (C=O) groups is 2. The minimum Gasteiger partial charge on any atom is -0.507 e. The molecule has 0 spiro atoms. The number of hydrazone groups is 1. The molecule has 0 saturated carbocycles. The lowest BCUT2D eigenvalue weighted by Crippen LogP contribution is -2.18. The maximum atomic E-state index is 12.4. The molecule has 3 aromatic carbocycles. The highest BCUT2D eigenvalue weighted by Gasteiger charge is 2.13. The molecule has 3 aromatic rings. The third kappa shape index (κ3) is 5.24. The summed E-state index contributed by atoms with van der Waals surface area (Å²) in [5.74, 6) is -1.56. The van der Waals surface area contributed by atoms with Gasteiger partial charge in [0.2, 0.25) is 0 Å². The first-order chi connectivity index (χ1) is 13.8. The van der Waals surface area contributed by atoms with Crippen molar-refractivity contribution in [1.29, 1.82) is 0 Å². The minimum absolute atomic E-state index is 0.0898. The topological polar surface area (TPSA) is 108 Å². The summed E-state index contributed by atoms with van der Waals surface area (Å²) in [7, 11) is 0. The lowest BCUT2D eigenvalue weighted by Gasteiger charge is -2.10. The molecule has 0 saturated heterocycles. The van der Waals surface area contributed by atoms with Crippen molar-refractivity contribution in [2.24, 2.45) is 5.10 Å². The fourth-order valence-corrected chi connectivity index (χ4v) is 4.26. The number of phenols is 1. The monoisotopic (exact) mass is 568 g/mol. The van der Waals surface area contributed by atoms with Crippen LogP contribution in [0.3, 0.4) is 0 Å². The van der Waals surface area contributed by atoms with Crippen LogP contribution in [-0.2, 0) is 4.79 Å². The van der Waals surface area contributed by atoms with Gasteiger partial charge in [0.05, 0.1) is 16.3 Å². The van der Waals surface area contributed by atoms with Gasteiger partial charge < -0.3 is 14.9 Å². The molecule has 9 heteroatoms. The quantitative estimate of drug-likeness (QED) is 0.235. The van der Waals surface area contributed by atoms with Gasteiger partial charge in [0.15, 0.2) is 6.61 Å². The molecule has 0 fully saturated rings. The molecule has 0 aliphatic carbocycles. The standard InChI is InChI=1S/C20H14BrIN2O5/c21-16-8-14(22)5-13(19(16)29-10-18(26)27)9-23-24-20(28)15-6-11-3-1-2-4-12(11)7-17(15)25/h1-9,25H,10H2,(H,24,28)(H,26,27). The third-order valence-electron chi connectivity index (χ3n) is 3.86. The second kappa shape index (κ2) is 9.23. The van der Waals surface area contributed by atoms with Crippen molar-refractivity contribution in [3.05, 3.63) is 67.7 Å². The second-order valence-corrected chi connectivity index (χ2v) is 8.00. The number of ether oxygens (including phenoxy) is 1. The van der Waals surface area contributed by atoms with Crippen molar-refractivity contribution < 1.29 is 24.5 Å². The number of hydrogen-bond acceptors (Lipinski definition) is 5. The second-order valence-electron chi connectivity index (χ2n) is 5.90. The van der Waals surface area contributed by atoms with Crippen LogP contribution in [0.2, 0.25) is 0 Å². The zero-order valence-corrected chi connectivity index (χ0v) is 18.5. The Balaban J connectivity index is 1.82. The van der Waals surface area contributed by atoms with Crippen LogP contribution in [0.25, 0.3) is 10.8 Å². The van der Waals surface area contributed by atoms with E-state index in [1.54, 1.807) is 18.2 Å². The van der Waals surface area contributed by atoms with Crippen molar-refractivity contribution in [2.45, 2.75) is 0 Å². The maximum Gasteiger partial charge on any atom is 0.341 e. The number of aromatic hydroxyl groups is 1. The number of carboxylic acids is 1. The Morgan fingerprint density at radius 1 is 1.17 bits per heavy atom. The van der Waals surface area contributed by atoms with Crippen LogP contribution in [0.15, 0.2) is 58.1 Å². The predicted octanol–water partition coefficient (Wildman–Crippen LogP) is 4.14. The summed E-state index contributed by atoms with van der Waals surface area (Å²) >= 11 is 5.43. The number of fused-ring (bicyclic) bond motifs is 1. The van der Waals surface area contributed by atoms with Crippen LogP contribution in [0.5, 0.6) is 11.5 Å². The minimum atomic E-state index is -1.11. The van der Waals surface area contributed by atoms with E-state index in [2.05, 4.69) is 49.0 Å². The first kappa shape index (κ1) is 21.1. The highest BCUT2D eigenvalue weighted by atomic mass is 127. The molecule has 0 radical (unpaired) electrons. The fourth-order valence-electron chi connectivity index (χ4n) is 2.59. The number of amides is 1. The number of nitrogens with zero attached hydrogens (tertiary/aromatic N) is 1. The summed E-state index contributed by atoms with van der Waals surface area (Å²) in [6.07, 6.45) is 1.35. The first-order valence-electron chi connectivity index (χ1n) is 8.24. The number of hydrogen-bond donors (Lipinski definition) is 3. The van der Waals surface area contributed by atoms with Crippen LogP contribution in [0.4, 0.5) is 0 Å². The fraction of sp³-hybridized carbons (Fsp3) is 0.0500. The predicted molar refractivity (Wildman–Crippen MR) is 121 cm³/mol. The number of benzene rings is 3. The molecule has 0 atom stereocenters. The molecule has 29 heavy (non-hydrogen) atoms. The molecule has 3 rings (SSSR count). The Morgan fingerprint density at radius 3 is 2.55 bits per heavy atom. The van der Waals surface area contributed by atoms with E-state index in [0.717, 1.165) is 14.3 Å². The van der Waals surface area contributed by atoms with Crippen LogP contribution in [0, 0.1) is 3.57 Å². The number of aliphatic carboxylic acids is 1. The molecule has 1 amide bonds. The van der Waals surface area contributed by atoms with Gasteiger partial charge >= 0.3 is 5.97 Å². The van der Waals surface area contributed by atoms with Crippen LogP contribution in [0.1, 0.15) is 15.9 Å². The summed E-state index contributed by atoms with van der Waals surface area (Å²) in [5.41, 5.74) is 2.93. The molecule has 0 aliphatic rings. The molecule has 0 aromatic heterocycles. The zero-order chi connectivity index (χ0) is 21.0. The largest absolute Gasteiger partial charge is 0.507 e. The molecule has 0 unspecified atom stereocenters. The normalized spacial score (nSPS) is 11.0. The summed E-state index contributed by atoms with van der Waals surface area (Å²) in [5, 5.41) is 24.5. The Kier molecular flexibility index (Phi) is 6.70. The van der Waals surface area contributed by atoms with Crippen molar-refractivity contribution in [2.75, 3.05) is 6.61 Å². The third-order valence-corrected chi connectivity index (χ3v) is 5.07. The smallest absolute Gasteiger partial charge is 0.341 e. The van der Waals surface area contributed by atoms with Gasteiger partial charge in [-0.2, -0.15) is 5.10 Å². The molecular weight excluding hydrogens is 555 g/mol. The van der Waals surface area contributed by atoms with Crippen LogP contribution < -0.4 is 10.2 Å². The van der Waals surface area contributed by atoms with Crippen molar-refractivity contribution in [3.63, 3.8) is 0 Å². The van der Waals surface area contributed by atoms with E-state index in [1.165, 1.54) is 12.3 Å². The molecule has 7 nitrogen and oxygen atoms in total. The molecule has 3 N–H and O–H groups in total. The average Bonchev–Trinajstić information content (AvgIpc) is 2.66. The average molecular weight is 569 g/mol. The number of carbonyl (C=O) groups excluding carboxylic acids is 1. The van der Waals surface area contributed by atoms with Gasteiger partial charge in [-0.1, -0.05) is 24.3 Å². The molecule has 0 aliphatic heterocycles. The first-order valence-corrected chi connectivity index (χ1v) is 10.1. The van der Waals surface area contributed by atoms with Crippen LogP contribution >= 0.6 is 38.5 Å². The van der Waals surface area contributed by atoms with Gasteiger partial charge in [0.25, 0.3) is 5.91 Å². The van der Waals surface area contributed by atoms with E-state index in [1.807, 2.05) is 24.3 Å². The number of carboxylic acid groups (broad SMARTS) is 1. The van der Waals surface area contributed by atoms with E-state index >= 15 is 0 Å². The summed E-state index contributed by atoms with van der Waals surface area (Å²) in [4.78, 5) is 23.2. The van der Waals surface area contributed by atoms with E-state index in [-0.39, 0.29) is 11.3 Å². The highest BCUT2D eigenvalue weighted by Crippen LogP contribution is 2.30. The van der Waals surface area contributed by atoms with Gasteiger partial charge in [-0.3, -0.25) is 4.79 Å². The summed E-state index contributed by atoms with van der Waals surface area (Å²) < 4.78 is 6.72. The molecule has 0 heterocycles. The number of halogens is 2.